The number of nitrogens with zero attached hydrogens (tertiary/aromatic N) is 5. The second-order valence-electron chi connectivity index (χ2n) is 8.12. The van der Waals surface area contributed by atoms with Gasteiger partial charge in [-0.2, -0.15) is 15.2 Å². The highest BCUT2D eigenvalue weighted by atomic mass is 31.2. The lowest BCUT2D eigenvalue weighted by atomic mass is 9.84. The van der Waals surface area contributed by atoms with Crippen LogP contribution in [0.5, 0.6) is 5.88 Å². The molecule has 0 bridgehead atoms. The van der Waals surface area contributed by atoms with E-state index in [1.807, 2.05) is 0 Å². The number of imidazole rings is 1. The minimum absolute atomic E-state index is 0.00535. The first-order valence-electron chi connectivity index (χ1n) is 10.1. The number of anilines is 1. The SMILES string of the molecule is COc1nc(N)nc2c1ncn2C1OC2COP(=O)(OC3CCCC3)OC2C1(C)C#N. The molecule has 1 aliphatic carbocycles. The van der Waals surface area contributed by atoms with E-state index in [1.54, 1.807) is 11.5 Å². The van der Waals surface area contributed by atoms with E-state index in [1.165, 1.54) is 13.4 Å². The number of phosphoric ester groups is 1. The zero-order valence-electron chi connectivity index (χ0n) is 17.1. The van der Waals surface area contributed by atoms with Gasteiger partial charge in [0.25, 0.3) is 0 Å². The molecule has 166 valence electrons. The molecule has 3 fully saturated rings. The van der Waals surface area contributed by atoms with Gasteiger partial charge in [-0.15, -0.1) is 0 Å². The third-order valence-corrected chi connectivity index (χ3v) is 7.57. The summed E-state index contributed by atoms with van der Waals surface area (Å²) >= 11 is 0. The number of hydrogen-bond acceptors (Lipinski definition) is 11. The fourth-order valence-corrected chi connectivity index (χ4v) is 6.18. The normalized spacial score (nSPS) is 35.8. The lowest BCUT2D eigenvalue weighted by molar-refractivity contribution is -0.0745. The number of ether oxygens (including phenoxy) is 2. The van der Waals surface area contributed by atoms with E-state index >= 15 is 0 Å². The Hall–Kier alpha value is -2.29. The summed E-state index contributed by atoms with van der Waals surface area (Å²) in [6.45, 7) is 1.66. The quantitative estimate of drug-likeness (QED) is 0.682. The van der Waals surface area contributed by atoms with Crippen molar-refractivity contribution in [3.63, 3.8) is 0 Å². The second kappa shape index (κ2) is 7.39. The molecule has 2 aromatic rings. The lowest BCUT2D eigenvalue weighted by Gasteiger charge is -2.35. The number of fused-ring (bicyclic) bond motifs is 2. The Morgan fingerprint density at radius 3 is 2.87 bits per heavy atom. The van der Waals surface area contributed by atoms with Gasteiger partial charge in [-0.1, -0.05) is 12.8 Å². The van der Waals surface area contributed by atoms with Crippen molar-refractivity contribution in [1.29, 1.82) is 5.26 Å². The van der Waals surface area contributed by atoms with Crippen LogP contribution in [0.3, 0.4) is 0 Å². The van der Waals surface area contributed by atoms with Gasteiger partial charge in [-0.25, -0.2) is 9.55 Å². The maximum Gasteiger partial charge on any atom is 0.475 e. The number of nitrogens with two attached hydrogens (primary N) is 1. The Balaban J connectivity index is 1.49. The van der Waals surface area contributed by atoms with Gasteiger partial charge < -0.3 is 15.2 Å². The Labute approximate surface area is 178 Å². The van der Waals surface area contributed by atoms with Gasteiger partial charge in [0.05, 0.1) is 32.2 Å². The first-order valence-corrected chi connectivity index (χ1v) is 11.5. The minimum atomic E-state index is -3.82. The lowest BCUT2D eigenvalue weighted by Crippen LogP contribution is -2.42. The van der Waals surface area contributed by atoms with Crippen molar-refractivity contribution in [2.75, 3.05) is 19.5 Å². The molecule has 2 saturated heterocycles. The maximum absolute atomic E-state index is 13.2. The summed E-state index contributed by atoms with van der Waals surface area (Å²) in [5, 5.41) is 10.1. The van der Waals surface area contributed by atoms with E-state index in [2.05, 4.69) is 21.0 Å². The van der Waals surface area contributed by atoms with E-state index in [9.17, 15) is 9.83 Å². The molecule has 2 N–H and O–H groups in total. The summed E-state index contributed by atoms with van der Waals surface area (Å²) in [5.41, 5.74) is 5.30. The molecule has 5 rings (SSSR count). The smallest absolute Gasteiger partial charge is 0.475 e. The molecule has 13 heteroatoms. The summed E-state index contributed by atoms with van der Waals surface area (Å²) in [6.07, 6.45) is 2.66. The number of nitrogen functional groups attached to an aromatic ring is 1. The topological polar surface area (TPSA) is 157 Å². The standard InChI is InChI=1S/C18H23N6O6P/c1-18(8-19)13-11(7-27-31(25,30-13)29-10-5-3-4-6-10)28-16(18)24-9-21-12-14(24)22-17(20)23-15(12)26-2/h9-11,13,16H,3-7H2,1-2H3,(H2,20,22,23). The van der Waals surface area contributed by atoms with Crippen molar-refractivity contribution >= 4 is 24.9 Å². The first kappa shape index (κ1) is 20.6. The van der Waals surface area contributed by atoms with Crippen LogP contribution >= 0.6 is 7.82 Å². The predicted octanol–water partition coefficient (Wildman–Crippen LogP) is 2.33. The van der Waals surface area contributed by atoms with Crippen LogP contribution in [-0.2, 0) is 22.9 Å². The zero-order valence-corrected chi connectivity index (χ0v) is 18.0. The van der Waals surface area contributed by atoms with Crippen LogP contribution < -0.4 is 10.5 Å². The fraction of sp³-hybridized carbons (Fsp3) is 0.667. The number of rotatable bonds is 4. The number of nitriles is 1. The summed E-state index contributed by atoms with van der Waals surface area (Å²) < 4.78 is 43.1. The van der Waals surface area contributed by atoms with Crippen LogP contribution in [0, 0.1) is 16.7 Å². The highest BCUT2D eigenvalue weighted by molar-refractivity contribution is 7.48. The molecule has 0 radical (unpaired) electrons. The van der Waals surface area contributed by atoms with Gasteiger partial charge in [0.1, 0.15) is 17.6 Å². The summed E-state index contributed by atoms with van der Waals surface area (Å²) in [5.74, 6) is 0.207. The number of hydrogen-bond donors (Lipinski definition) is 1. The third-order valence-electron chi connectivity index (χ3n) is 6.06. The highest BCUT2D eigenvalue weighted by Crippen LogP contribution is 2.62. The molecule has 0 spiro atoms. The highest BCUT2D eigenvalue weighted by Gasteiger charge is 2.61. The Morgan fingerprint density at radius 2 is 2.16 bits per heavy atom. The monoisotopic (exact) mass is 450 g/mol. The van der Waals surface area contributed by atoms with Crippen molar-refractivity contribution in [2.45, 2.75) is 57.1 Å². The molecular weight excluding hydrogens is 427 g/mol. The van der Waals surface area contributed by atoms with Crippen molar-refractivity contribution < 1.29 is 27.6 Å². The number of aromatic nitrogens is 4. The van der Waals surface area contributed by atoms with Crippen LogP contribution in [0.1, 0.15) is 38.8 Å². The molecule has 31 heavy (non-hydrogen) atoms. The molecular formula is C18H23N6O6P. The predicted molar refractivity (Wildman–Crippen MR) is 106 cm³/mol. The second-order valence-corrected chi connectivity index (χ2v) is 9.69. The maximum atomic E-state index is 13.2. The van der Waals surface area contributed by atoms with E-state index in [0.29, 0.717) is 11.2 Å². The van der Waals surface area contributed by atoms with E-state index in [-0.39, 0.29) is 24.5 Å². The fourth-order valence-electron chi connectivity index (χ4n) is 4.47. The average Bonchev–Trinajstić information content (AvgIpc) is 3.46. The van der Waals surface area contributed by atoms with Crippen LogP contribution in [0.4, 0.5) is 5.95 Å². The van der Waals surface area contributed by atoms with Gasteiger partial charge in [-0.05, 0) is 19.8 Å². The summed E-state index contributed by atoms with van der Waals surface area (Å²) in [6, 6.07) is 2.28. The van der Waals surface area contributed by atoms with Gasteiger partial charge in [-0.3, -0.25) is 18.1 Å². The zero-order chi connectivity index (χ0) is 21.8. The average molecular weight is 450 g/mol. The molecule has 12 nitrogen and oxygen atoms in total. The third kappa shape index (κ3) is 3.28. The van der Waals surface area contributed by atoms with Gasteiger partial charge in [0.15, 0.2) is 17.4 Å². The summed E-state index contributed by atoms with van der Waals surface area (Å²) in [7, 11) is -2.37. The van der Waals surface area contributed by atoms with Crippen molar-refractivity contribution in [3.8, 4) is 11.9 Å². The number of methoxy groups -OCH3 is 1. The molecule has 3 aliphatic rings. The molecule has 2 aromatic heterocycles. The van der Waals surface area contributed by atoms with Crippen molar-refractivity contribution in [1.82, 2.24) is 19.5 Å². The van der Waals surface area contributed by atoms with E-state index in [4.69, 9.17) is 28.8 Å². The van der Waals surface area contributed by atoms with E-state index < -0.39 is 31.7 Å². The van der Waals surface area contributed by atoms with Crippen LogP contribution in [-0.4, -0.2) is 51.5 Å². The van der Waals surface area contributed by atoms with Crippen molar-refractivity contribution in [2.24, 2.45) is 5.41 Å². The minimum Gasteiger partial charge on any atom is -0.479 e. The van der Waals surface area contributed by atoms with Crippen molar-refractivity contribution in [3.05, 3.63) is 6.33 Å². The van der Waals surface area contributed by atoms with Gasteiger partial charge >= 0.3 is 7.82 Å². The molecule has 1 saturated carbocycles. The molecule has 0 aromatic carbocycles. The molecule has 5 unspecified atom stereocenters. The van der Waals surface area contributed by atoms with Crippen LogP contribution in [0.15, 0.2) is 6.33 Å². The van der Waals surface area contributed by atoms with Crippen LogP contribution in [0.2, 0.25) is 0 Å². The molecule has 2 aliphatic heterocycles. The Morgan fingerprint density at radius 1 is 1.39 bits per heavy atom. The largest absolute Gasteiger partial charge is 0.479 e. The Kier molecular flexibility index (Phi) is 4.91. The van der Waals surface area contributed by atoms with Gasteiger partial charge in [0.2, 0.25) is 11.8 Å². The molecule has 5 atom stereocenters. The summed E-state index contributed by atoms with van der Waals surface area (Å²) in [4.78, 5) is 12.6. The van der Waals surface area contributed by atoms with E-state index in [0.717, 1.165) is 25.7 Å². The van der Waals surface area contributed by atoms with Crippen LogP contribution in [0.25, 0.3) is 11.2 Å². The molecule has 4 heterocycles. The Bertz CT molecular complexity index is 1100. The number of phosphoric acid groups is 1. The first-order chi connectivity index (χ1) is 14.9. The molecule has 0 amide bonds. The van der Waals surface area contributed by atoms with Gasteiger partial charge in [0, 0.05) is 0 Å².